The maximum atomic E-state index is 12.9. The Bertz CT molecular complexity index is 836. The smallest absolute Gasteiger partial charge is 0.225 e. The standard InChI is InChI=1S/C29H52N6O5/c1-19(2)29(38)35-14-23(15-35)33-27-10-21(5-7-31-27)28(37)32-11-24(36)16-34-8-6-20-9-25(4-3-22(20)13-34)39-17-26-12-30-18-40-26/h19-27,30-31,33,36H,3-18H2,1-2H3,(H,32,37)/t20?,21?,22?,24-,25?,26?,27?/m0/s1. The highest BCUT2D eigenvalue weighted by atomic mass is 16.5. The number of β-amino-alcohol motifs (C(OH)–C–C–N with tert-alkyl or cyclic N) is 1. The maximum Gasteiger partial charge on any atom is 0.225 e. The van der Waals surface area contributed by atoms with Gasteiger partial charge in [-0.05, 0) is 63.5 Å². The fourth-order valence-corrected chi connectivity index (χ4v) is 7.19. The first-order valence-electron chi connectivity index (χ1n) is 15.7. The van der Waals surface area contributed by atoms with Gasteiger partial charge in [0.1, 0.15) is 0 Å². The number of nitrogens with zero attached hydrogens (tertiary/aromatic N) is 2. The summed E-state index contributed by atoms with van der Waals surface area (Å²) in [5.41, 5.74) is 0. The molecule has 4 heterocycles. The van der Waals surface area contributed by atoms with Crippen molar-refractivity contribution in [2.24, 2.45) is 23.7 Å². The number of hydrogen-bond donors (Lipinski definition) is 5. The van der Waals surface area contributed by atoms with Crippen molar-refractivity contribution in [3.8, 4) is 0 Å². The van der Waals surface area contributed by atoms with Crippen molar-refractivity contribution < 1.29 is 24.2 Å². The van der Waals surface area contributed by atoms with Crippen molar-refractivity contribution >= 4 is 11.8 Å². The van der Waals surface area contributed by atoms with E-state index in [2.05, 4.69) is 26.2 Å². The SMILES string of the molecule is CC(C)C(=O)N1CC(NC2CC(C(=O)NC[C@H](O)CN3CCC4CC(OCC5CNCO5)CCC4C3)CCN2)C1. The van der Waals surface area contributed by atoms with Gasteiger partial charge in [-0.2, -0.15) is 0 Å². The van der Waals surface area contributed by atoms with Crippen LogP contribution in [0.2, 0.25) is 0 Å². The van der Waals surface area contributed by atoms with Gasteiger partial charge in [-0.1, -0.05) is 13.8 Å². The highest BCUT2D eigenvalue weighted by Gasteiger charge is 2.37. The number of amides is 2. The molecule has 1 aliphatic carbocycles. The Morgan fingerprint density at radius 3 is 2.73 bits per heavy atom. The number of aliphatic hydroxyl groups excluding tert-OH is 1. The van der Waals surface area contributed by atoms with Crippen LogP contribution < -0.4 is 21.3 Å². The second-order valence-electron chi connectivity index (χ2n) is 13.1. The van der Waals surface area contributed by atoms with E-state index < -0.39 is 6.10 Å². The Kier molecular flexibility index (Phi) is 10.7. The number of piperidine rings is 2. The molecule has 228 valence electrons. The summed E-state index contributed by atoms with van der Waals surface area (Å²) in [6.45, 7) is 11.3. The lowest BCUT2D eigenvalue weighted by molar-refractivity contribution is -0.139. The first kappa shape index (κ1) is 30.1. The predicted octanol–water partition coefficient (Wildman–Crippen LogP) is -0.301. The van der Waals surface area contributed by atoms with Gasteiger partial charge >= 0.3 is 0 Å². The summed E-state index contributed by atoms with van der Waals surface area (Å²) in [7, 11) is 0. The summed E-state index contributed by atoms with van der Waals surface area (Å²) in [6, 6.07) is 0.277. The summed E-state index contributed by atoms with van der Waals surface area (Å²) in [5.74, 6) is 1.58. The molecular formula is C29H52N6O5. The summed E-state index contributed by atoms with van der Waals surface area (Å²) in [5, 5.41) is 24.0. The molecule has 5 rings (SSSR count). The number of rotatable bonds is 11. The highest BCUT2D eigenvalue weighted by Crippen LogP contribution is 2.37. The first-order valence-corrected chi connectivity index (χ1v) is 15.7. The Balaban J connectivity index is 0.952. The van der Waals surface area contributed by atoms with Crippen LogP contribution in [0, 0.1) is 23.7 Å². The van der Waals surface area contributed by atoms with Crippen LogP contribution in [0.4, 0.5) is 0 Å². The predicted molar refractivity (Wildman–Crippen MR) is 151 cm³/mol. The molecule has 4 saturated heterocycles. The van der Waals surface area contributed by atoms with Crippen molar-refractivity contribution in [2.45, 2.75) is 82.9 Å². The molecule has 5 fully saturated rings. The maximum absolute atomic E-state index is 12.9. The minimum atomic E-state index is -0.560. The number of nitrogens with one attached hydrogen (secondary N) is 4. The van der Waals surface area contributed by atoms with Gasteiger partial charge < -0.3 is 35.0 Å². The molecule has 0 spiro atoms. The van der Waals surface area contributed by atoms with Gasteiger partial charge in [0, 0.05) is 57.1 Å². The molecule has 11 heteroatoms. The monoisotopic (exact) mass is 564 g/mol. The molecular weight excluding hydrogens is 512 g/mol. The minimum Gasteiger partial charge on any atom is -0.390 e. The third kappa shape index (κ3) is 8.14. The van der Waals surface area contributed by atoms with Crippen molar-refractivity contribution in [1.29, 1.82) is 0 Å². The molecule has 1 saturated carbocycles. The number of carbonyl (C=O) groups is 2. The van der Waals surface area contributed by atoms with Crippen LogP contribution in [0.25, 0.3) is 0 Å². The van der Waals surface area contributed by atoms with Gasteiger partial charge in [0.05, 0.1) is 37.8 Å². The van der Waals surface area contributed by atoms with Gasteiger partial charge in [0.25, 0.3) is 0 Å². The van der Waals surface area contributed by atoms with Crippen molar-refractivity contribution in [3.63, 3.8) is 0 Å². The normalized spacial score (nSPS) is 34.4. The van der Waals surface area contributed by atoms with Crippen LogP contribution in [0.3, 0.4) is 0 Å². The van der Waals surface area contributed by atoms with Crippen LogP contribution in [0.15, 0.2) is 0 Å². The summed E-state index contributed by atoms with van der Waals surface area (Å²) >= 11 is 0. The molecule has 0 bridgehead atoms. The molecule has 5 N–H and O–H groups in total. The Morgan fingerprint density at radius 1 is 1.10 bits per heavy atom. The zero-order valence-corrected chi connectivity index (χ0v) is 24.5. The van der Waals surface area contributed by atoms with E-state index in [1.54, 1.807) is 0 Å². The molecule has 0 radical (unpaired) electrons. The Morgan fingerprint density at radius 2 is 1.95 bits per heavy atom. The van der Waals surface area contributed by atoms with E-state index in [0.717, 1.165) is 71.4 Å². The average Bonchev–Trinajstić information content (AvgIpc) is 3.46. The van der Waals surface area contributed by atoms with Crippen LogP contribution in [0.5, 0.6) is 0 Å². The van der Waals surface area contributed by atoms with E-state index in [-0.39, 0.29) is 42.0 Å². The lowest BCUT2D eigenvalue weighted by atomic mass is 9.74. The van der Waals surface area contributed by atoms with Gasteiger partial charge in [0.2, 0.25) is 11.8 Å². The Hall–Kier alpha value is -1.34. The average molecular weight is 565 g/mol. The molecule has 0 aromatic rings. The third-order valence-corrected chi connectivity index (χ3v) is 9.59. The number of fused-ring (bicyclic) bond motifs is 1. The zero-order valence-electron chi connectivity index (χ0n) is 24.5. The van der Waals surface area contributed by atoms with E-state index in [1.165, 1.54) is 6.42 Å². The summed E-state index contributed by atoms with van der Waals surface area (Å²) < 4.78 is 11.8. The lowest BCUT2D eigenvalue weighted by Crippen LogP contribution is -2.65. The molecule has 2 amide bonds. The largest absolute Gasteiger partial charge is 0.390 e. The van der Waals surface area contributed by atoms with Crippen LogP contribution in [-0.2, 0) is 19.1 Å². The van der Waals surface area contributed by atoms with Gasteiger partial charge in [-0.3, -0.25) is 20.2 Å². The lowest BCUT2D eigenvalue weighted by Gasteiger charge is -2.44. The van der Waals surface area contributed by atoms with Gasteiger partial charge in [0.15, 0.2) is 0 Å². The summed E-state index contributed by atoms with van der Waals surface area (Å²) in [6.07, 6.45) is 6.15. The van der Waals surface area contributed by atoms with Crippen LogP contribution in [-0.4, -0.2) is 123 Å². The number of hydrogen-bond acceptors (Lipinski definition) is 9. The molecule has 0 aromatic carbocycles. The second-order valence-corrected chi connectivity index (χ2v) is 13.1. The van der Waals surface area contributed by atoms with E-state index >= 15 is 0 Å². The topological polar surface area (TPSA) is 127 Å². The molecule has 6 unspecified atom stereocenters. The van der Waals surface area contributed by atoms with Crippen LogP contribution in [0.1, 0.15) is 52.4 Å². The number of likely N-dealkylation sites (tertiary alicyclic amines) is 2. The van der Waals surface area contributed by atoms with Crippen molar-refractivity contribution in [3.05, 3.63) is 0 Å². The molecule has 0 aromatic heterocycles. The third-order valence-electron chi connectivity index (χ3n) is 9.59. The van der Waals surface area contributed by atoms with Crippen molar-refractivity contribution in [1.82, 2.24) is 31.1 Å². The quantitative estimate of drug-likeness (QED) is 0.230. The fraction of sp³-hybridized carbons (Fsp3) is 0.931. The molecule has 5 aliphatic rings. The van der Waals surface area contributed by atoms with Gasteiger partial charge in [-0.25, -0.2) is 0 Å². The first-order chi connectivity index (χ1) is 19.3. The van der Waals surface area contributed by atoms with E-state index in [0.29, 0.717) is 44.4 Å². The summed E-state index contributed by atoms with van der Waals surface area (Å²) in [4.78, 5) is 29.3. The minimum absolute atomic E-state index is 0.0318. The van der Waals surface area contributed by atoms with E-state index in [1.807, 2.05) is 18.7 Å². The van der Waals surface area contributed by atoms with Gasteiger partial charge in [-0.15, -0.1) is 0 Å². The fourth-order valence-electron chi connectivity index (χ4n) is 7.19. The van der Waals surface area contributed by atoms with Crippen LogP contribution >= 0.6 is 0 Å². The number of carbonyl (C=O) groups excluding carboxylic acids is 2. The second kappa shape index (κ2) is 14.2. The molecule has 11 nitrogen and oxygen atoms in total. The molecule has 4 aliphatic heterocycles. The number of ether oxygens (including phenoxy) is 2. The molecule has 40 heavy (non-hydrogen) atoms. The van der Waals surface area contributed by atoms with E-state index in [9.17, 15) is 14.7 Å². The molecule has 7 atom stereocenters. The van der Waals surface area contributed by atoms with E-state index in [4.69, 9.17) is 9.47 Å². The van der Waals surface area contributed by atoms with Crippen molar-refractivity contribution in [2.75, 3.05) is 65.7 Å². The zero-order chi connectivity index (χ0) is 28.1. The Labute approximate surface area is 239 Å². The highest BCUT2D eigenvalue weighted by molar-refractivity contribution is 5.79. The number of aliphatic hydroxyl groups is 1.